The van der Waals surface area contributed by atoms with E-state index in [1.54, 1.807) is 63.1 Å². The number of pyridine rings is 3. The van der Waals surface area contributed by atoms with Gasteiger partial charge in [-0.3, -0.25) is 9.97 Å². The average Bonchev–Trinajstić information content (AvgIpc) is 3.22. The second-order valence-electron chi connectivity index (χ2n) is 8.90. The SMILES string of the molecule is Cn1nc(-c2ccccn2)cc1Oc1cc(C#N)cnc1-c1ccc(CNC(=O)OC(C)(C)C)cn1. The number of nitrogens with zero attached hydrogens (tertiary/aromatic N) is 6. The van der Waals surface area contributed by atoms with Crippen LogP contribution in [0.4, 0.5) is 4.79 Å². The molecular weight excluding hydrogens is 458 g/mol. The van der Waals surface area contributed by atoms with Gasteiger partial charge >= 0.3 is 6.09 Å². The minimum atomic E-state index is -0.573. The van der Waals surface area contributed by atoms with E-state index in [2.05, 4.69) is 31.4 Å². The first kappa shape index (κ1) is 24.3. The Morgan fingerprint density at radius 3 is 2.56 bits per heavy atom. The maximum Gasteiger partial charge on any atom is 0.407 e. The van der Waals surface area contributed by atoms with E-state index in [4.69, 9.17) is 9.47 Å². The highest BCUT2D eigenvalue weighted by Gasteiger charge is 2.17. The minimum Gasteiger partial charge on any atom is -0.444 e. The summed E-state index contributed by atoms with van der Waals surface area (Å²) >= 11 is 0. The molecule has 1 N–H and O–H groups in total. The molecule has 0 atom stereocenters. The molecule has 4 aromatic heterocycles. The zero-order valence-electron chi connectivity index (χ0n) is 20.4. The quantitative estimate of drug-likeness (QED) is 0.420. The highest BCUT2D eigenvalue weighted by atomic mass is 16.6. The Balaban J connectivity index is 1.56. The number of alkyl carbamates (subject to hydrolysis) is 1. The Morgan fingerprint density at radius 2 is 1.89 bits per heavy atom. The lowest BCUT2D eigenvalue weighted by Gasteiger charge is -2.19. The molecule has 0 saturated carbocycles. The largest absolute Gasteiger partial charge is 0.444 e. The van der Waals surface area contributed by atoms with E-state index in [1.807, 2.05) is 24.3 Å². The molecule has 10 nitrogen and oxygen atoms in total. The molecule has 0 bridgehead atoms. The van der Waals surface area contributed by atoms with E-state index in [9.17, 15) is 10.1 Å². The van der Waals surface area contributed by atoms with Crippen LogP contribution < -0.4 is 10.1 Å². The van der Waals surface area contributed by atoms with Gasteiger partial charge in [0.25, 0.3) is 0 Å². The van der Waals surface area contributed by atoms with Crippen molar-refractivity contribution in [2.45, 2.75) is 32.9 Å². The fourth-order valence-electron chi connectivity index (χ4n) is 3.23. The van der Waals surface area contributed by atoms with Crippen LogP contribution >= 0.6 is 0 Å². The summed E-state index contributed by atoms with van der Waals surface area (Å²) in [6.07, 6.45) is 4.29. The van der Waals surface area contributed by atoms with E-state index in [-0.39, 0.29) is 6.54 Å². The smallest absolute Gasteiger partial charge is 0.407 e. The Kier molecular flexibility index (Phi) is 6.92. The summed E-state index contributed by atoms with van der Waals surface area (Å²) in [6, 6.07) is 14.6. The number of carbonyl (C=O) groups excluding carboxylic acids is 1. The Labute approximate surface area is 208 Å². The number of nitriles is 1. The van der Waals surface area contributed by atoms with Crippen LogP contribution in [0.1, 0.15) is 31.9 Å². The fourth-order valence-corrected chi connectivity index (χ4v) is 3.23. The fraction of sp³-hybridized carbons (Fsp3) is 0.231. The van der Waals surface area contributed by atoms with Crippen molar-refractivity contribution in [1.29, 1.82) is 5.26 Å². The zero-order valence-corrected chi connectivity index (χ0v) is 20.4. The number of hydrogen-bond acceptors (Lipinski definition) is 8. The van der Waals surface area contributed by atoms with Crippen molar-refractivity contribution in [1.82, 2.24) is 30.0 Å². The molecule has 10 heteroatoms. The van der Waals surface area contributed by atoms with E-state index >= 15 is 0 Å². The van der Waals surface area contributed by atoms with E-state index in [0.717, 1.165) is 5.56 Å². The molecule has 4 aromatic rings. The van der Waals surface area contributed by atoms with Gasteiger partial charge in [-0.05, 0) is 44.5 Å². The van der Waals surface area contributed by atoms with Crippen LogP contribution in [0.5, 0.6) is 11.6 Å². The Hall–Kier alpha value is -4.78. The van der Waals surface area contributed by atoms with Gasteiger partial charge in [0.15, 0.2) is 5.75 Å². The van der Waals surface area contributed by atoms with Gasteiger partial charge in [-0.25, -0.2) is 14.5 Å². The number of ether oxygens (including phenoxy) is 2. The molecule has 0 aromatic carbocycles. The molecule has 0 unspecified atom stereocenters. The summed E-state index contributed by atoms with van der Waals surface area (Å²) in [5.74, 6) is 0.809. The molecule has 0 spiro atoms. The highest BCUT2D eigenvalue weighted by Crippen LogP contribution is 2.32. The lowest BCUT2D eigenvalue weighted by atomic mass is 10.1. The Morgan fingerprint density at radius 1 is 1.06 bits per heavy atom. The summed E-state index contributed by atoms with van der Waals surface area (Å²) in [6.45, 7) is 5.67. The number of aromatic nitrogens is 5. The molecule has 4 rings (SSSR count). The molecule has 36 heavy (non-hydrogen) atoms. The van der Waals surface area contributed by atoms with Crippen molar-refractivity contribution in [3.63, 3.8) is 0 Å². The standard InChI is InChI=1S/C26H25N7O3/c1-26(2,3)36-25(34)31-15-17-8-9-20(29-14-17)24-22(11-18(13-27)16-30-24)35-23-12-21(32-33(23)4)19-7-5-6-10-28-19/h5-12,14,16H,15H2,1-4H3,(H,31,34). The Bertz CT molecular complexity index is 1400. The molecule has 0 aliphatic carbocycles. The number of rotatable bonds is 6. The number of amides is 1. The van der Waals surface area contributed by atoms with Crippen LogP contribution in [-0.2, 0) is 18.3 Å². The van der Waals surface area contributed by atoms with Crippen molar-refractivity contribution in [2.24, 2.45) is 7.05 Å². The van der Waals surface area contributed by atoms with Crippen LogP contribution in [0.25, 0.3) is 22.8 Å². The minimum absolute atomic E-state index is 0.262. The van der Waals surface area contributed by atoms with Gasteiger partial charge in [-0.15, -0.1) is 0 Å². The average molecular weight is 484 g/mol. The van der Waals surface area contributed by atoms with Crippen LogP contribution in [-0.4, -0.2) is 36.4 Å². The third kappa shape index (κ3) is 6.01. The number of aryl methyl sites for hydroxylation is 1. The van der Waals surface area contributed by atoms with Crippen molar-refractivity contribution in [3.8, 4) is 40.5 Å². The predicted molar refractivity (Wildman–Crippen MR) is 132 cm³/mol. The topological polar surface area (TPSA) is 128 Å². The summed E-state index contributed by atoms with van der Waals surface area (Å²) < 4.78 is 13.0. The third-order valence-corrected chi connectivity index (χ3v) is 4.86. The summed E-state index contributed by atoms with van der Waals surface area (Å²) in [5, 5.41) is 16.6. The lowest BCUT2D eigenvalue weighted by molar-refractivity contribution is 0.0523. The first-order chi connectivity index (χ1) is 17.2. The maximum absolute atomic E-state index is 11.9. The van der Waals surface area contributed by atoms with Gasteiger partial charge in [0, 0.05) is 44.3 Å². The van der Waals surface area contributed by atoms with Gasteiger partial charge in [0.2, 0.25) is 5.88 Å². The zero-order chi connectivity index (χ0) is 25.7. The first-order valence-corrected chi connectivity index (χ1v) is 11.2. The molecule has 0 aliphatic heterocycles. The number of nitrogens with one attached hydrogen (secondary N) is 1. The van der Waals surface area contributed by atoms with Gasteiger partial charge in [0.05, 0.1) is 17.0 Å². The van der Waals surface area contributed by atoms with E-state index in [0.29, 0.717) is 40.0 Å². The van der Waals surface area contributed by atoms with Crippen LogP contribution in [0.15, 0.2) is 61.1 Å². The first-order valence-electron chi connectivity index (χ1n) is 11.2. The predicted octanol–water partition coefficient (Wildman–Crippen LogP) is 4.63. The second-order valence-corrected chi connectivity index (χ2v) is 8.90. The normalized spacial score (nSPS) is 11.0. The molecule has 1 amide bonds. The molecule has 0 radical (unpaired) electrons. The summed E-state index contributed by atoms with van der Waals surface area (Å²) in [5.41, 5.74) is 2.93. The van der Waals surface area contributed by atoms with Crippen molar-refractivity contribution in [3.05, 3.63) is 72.2 Å². The number of carbonyl (C=O) groups is 1. The third-order valence-electron chi connectivity index (χ3n) is 4.86. The molecule has 182 valence electrons. The molecular formula is C26H25N7O3. The highest BCUT2D eigenvalue weighted by molar-refractivity contribution is 5.68. The van der Waals surface area contributed by atoms with Crippen LogP contribution in [0.3, 0.4) is 0 Å². The maximum atomic E-state index is 11.9. The van der Waals surface area contributed by atoms with Gasteiger partial charge in [-0.1, -0.05) is 12.1 Å². The van der Waals surface area contributed by atoms with E-state index in [1.165, 1.54) is 6.20 Å². The molecule has 4 heterocycles. The molecule has 0 aliphatic rings. The lowest BCUT2D eigenvalue weighted by Crippen LogP contribution is -2.32. The van der Waals surface area contributed by atoms with E-state index < -0.39 is 11.7 Å². The number of hydrogen-bond donors (Lipinski definition) is 1. The second kappa shape index (κ2) is 10.2. The van der Waals surface area contributed by atoms with Crippen LogP contribution in [0, 0.1) is 11.3 Å². The van der Waals surface area contributed by atoms with Crippen molar-refractivity contribution < 1.29 is 14.3 Å². The van der Waals surface area contributed by atoms with Gasteiger partial charge in [-0.2, -0.15) is 10.4 Å². The molecule has 0 saturated heterocycles. The van der Waals surface area contributed by atoms with Crippen molar-refractivity contribution in [2.75, 3.05) is 0 Å². The van der Waals surface area contributed by atoms with Crippen molar-refractivity contribution >= 4 is 6.09 Å². The monoisotopic (exact) mass is 483 g/mol. The summed E-state index contributed by atoms with van der Waals surface area (Å²) in [4.78, 5) is 25.1. The van der Waals surface area contributed by atoms with Gasteiger partial charge in [0.1, 0.15) is 23.1 Å². The molecule has 0 fully saturated rings. The summed E-state index contributed by atoms with van der Waals surface area (Å²) in [7, 11) is 1.76. The van der Waals surface area contributed by atoms with Crippen LogP contribution in [0.2, 0.25) is 0 Å². The van der Waals surface area contributed by atoms with Gasteiger partial charge < -0.3 is 14.8 Å².